The molecule has 0 aliphatic carbocycles. The average molecular weight is 233 g/mol. The zero-order valence-corrected chi connectivity index (χ0v) is 12.5. The second-order valence-electron chi connectivity index (χ2n) is 5.70. The predicted molar refractivity (Wildman–Crippen MR) is 67.4 cm³/mol. The van der Waals surface area contributed by atoms with E-state index in [4.69, 9.17) is 8.85 Å². The van der Waals surface area contributed by atoms with Crippen molar-refractivity contribution in [3.05, 3.63) is 0 Å². The standard InChI is InChI=1S/C11H27NO2Si/c1-8-12-9-15(13-10(2,3)4)14-11(5,6)7/h12,15H,8-9H2,1-7H3. The summed E-state index contributed by atoms with van der Waals surface area (Å²) in [6.45, 7) is 15.5. The van der Waals surface area contributed by atoms with Crippen LogP contribution in [0.2, 0.25) is 0 Å². The van der Waals surface area contributed by atoms with Gasteiger partial charge < -0.3 is 14.2 Å². The number of nitrogens with one attached hydrogen (secondary N) is 1. The van der Waals surface area contributed by atoms with Crippen LogP contribution < -0.4 is 5.32 Å². The first-order chi connectivity index (χ1) is 6.64. The van der Waals surface area contributed by atoms with Crippen molar-refractivity contribution in [3.63, 3.8) is 0 Å². The van der Waals surface area contributed by atoms with Gasteiger partial charge in [-0.05, 0) is 48.1 Å². The third kappa shape index (κ3) is 10.4. The molecule has 0 saturated heterocycles. The van der Waals surface area contributed by atoms with Crippen LogP contribution in [-0.4, -0.2) is 33.2 Å². The van der Waals surface area contributed by atoms with Crippen LogP contribution in [0.25, 0.3) is 0 Å². The quantitative estimate of drug-likeness (QED) is 0.737. The third-order valence-electron chi connectivity index (χ3n) is 1.53. The van der Waals surface area contributed by atoms with Crippen molar-refractivity contribution in [2.45, 2.75) is 59.7 Å². The molecule has 0 amide bonds. The predicted octanol–water partition coefficient (Wildman–Crippen LogP) is 1.99. The zero-order chi connectivity index (χ0) is 12.1. The van der Waals surface area contributed by atoms with E-state index in [0.29, 0.717) is 0 Å². The molecule has 92 valence electrons. The highest BCUT2D eigenvalue weighted by atomic mass is 28.3. The number of hydrogen-bond acceptors (Lipinski definition) is 3. The third-order valence-corrected chi connectivity index (χ3v) is 4.09. The van der Waals surface area contributed by atoms with E-state index in [1.165, 1.54) is 0 Å². The Morgan fingerprint density at radius 1 is 0.933 bits per heavy atom. The molecule has 0 heterocycles. The Morgan fingerprint density at radius 3 is 1.60 bits per heavy atom. The van der Waals surface area contributed by atoms with Gasteiger partial charge in [0.2, 0.25) is 0 Å². The molecule has 0 aromatic carbocycles. The fraction of sp³-hybridized carbons (Fsp3) is 1.00. The summed E-state index contributed by atoms with van der Waals surface area (Å²) < 4.78 is 11.9. The zero-order valence-electron chi connectivity index (χ0n) is 11.3. The van der Waals surface area contributed by atoms with Gasteiger partial charge in [0.25, 0.3) is 0 Å². The molecule has 15 heavy (non-hydrogen) atoms. The van der Waals surface area contributed by atoms with Crippen molar-refractivity contribution >= 4 is 9.28 Å². The Labute approximate surface area is 96.4 Å². The van der Waals surface area contributed by atoms with Crippen molar-refractivity contribution in [2.24, 2.45) is 0 Å². The van der Waals surface area contributed by atoms with Crippen LogP contribution in [0.1, 0.15) is 48.5 Å². The summed E-state index contributed by atoms with van der Waals surface area (Å²) in [6.07, 6.45) is 0.866. The van der Waals surface area contributed by atoms with Gasteiger partial charge in [0.05, 0.1) is 0 Å². The Kier molecular flexibility index (Phi) is 6.03. The van der Waals surface area contributed by atoms with Crippen molar-refractivity contribution in [1.29, 1.82) is 0 Å². The number of hydrogen-bond donors (Lipinski definition) is 1. The lowest BCUT2D eigenvalue weighted by Gasteiger charge is -2.31. The molecule has 0 rings (SSSR count). The SMILES string of the molecule is CCNC[SiH](OC(C)(C)C)OC(C)(C)C. The molecule has 0 radical (unpaired) electrons. The van der Waals surface area contributed by atoms with Crippen LogP contribution in [0.4, 0.5) is 0 Å². The lowest BCUT2D eigenvalue weighted by Crippen LogP contribution is -2.45. The lowest BCUT2D eigenvalue weighted by molar-refractivity contribution is 0.0334. The Morgan fingerprint density at radius 2 is 1.33 bits per heavy atom. The van der Waals surface area contributed by atoms with Gasteiger partial charge in [-0.2, -0.15) is 0 Å². The Bertz CT molecular complexity index is 156. The van der Waals surface area contributed by atoms with E-state index in [1.54, 1.807) is 0 Å². The minimum absolute atomic E-state index is 0.114. The average Bonchev–Trinajstić information content (AvgIpc) is 1.94. The minimum atomic E-state index is -1.61. The maximum Gasteiger partial charge on any atom is 0.336 e. The highest BCUT2D eigenvalue weighted by Gasteiger charge is 2.26. The second-order valence-corrected chi connectivity index (χ2v) is 7.44. The van der Waals surface area contributed by atoms with E-state index in [9.17, 15) is 0 Å². The van der Waals surface area contributed by atoms with Gasteiger partial charge in [-0.3, -0.25) is 0 Å². The summed E-state index contributed by atoms with van der Waals surface area (Å²) in [6, 6.07) is 0. The summed E-state index contributed by atoms with van der Waals surface area (Å²) >= 11 is 0. The van der Waals surface area contributed by atoms with Crippen LogP contribution in [0.5, 0.6) is 0 Å². The van der Waals surface area contributed by atoms with Gasteiger partial charge in [-0.15, -0.1) is 0 Å². The lowest BCUT2D eigenvalue weighted by atomic mass is 10.2. The summed E-state index contributed by atoms with van der Waals surface area (Å²) in [4.78, 5) is 0. The fourth-order valence-corrected chi connectivity index (χ4v) is 3.47. The van der Waals surface area contributed by atoms with E-state index < -0.39 is 9.28 Å². The molecule has 0 atom stereocenters. The molecule has 4 heteroatoms. The Hall–Kier alpha value is 0.0969. The first-order valence-electron chi connectivity index (χ1n) is 5.70. The van der Waals surface area contributed by atoms with Crippen LogP contribution >= 0.6 is 0 Å². The molecule has 0 spiro atoms. The van der Waals surface area contributed by atoms with E-state index in [2.05, 4.69) is 53.8 Å². The smallest absolute Gasteiger partial charge is 0.336 e. The summed E-state index contributed by atoms with van der Waals surface area (Å²) in [5.74, 6) is 0. The minimum Gasteiger partial charge on any atom is -0.391 e. The molecular weight excluding hydrogens is 206 g/mol. The van der Waals surface area contributed by atoms with E-state index in [-0.39, 0.29) is 11.2 Å². The normalized spacial score (nSPS) is 13.6. The van der Waals surface area contributed by atoms with Crippen molar-refractivity contribution in [3.8, 4) is 0 Å². The van der Waals surface area contributed by atoms with Gasteiger partial charge in [-0.25, -0.2) is 0 Å². The van der Waals surface area contributed by atoms with Gasteiger partial charge in [0, 0.05) is 17.4 Å². The first-order valence-corrected chi connectivity index (χ1v) is 7.46. The van der Waals surface area contributed by atoms with Crippen LogP contribution in [0.3, 0.4) is 0 Å². The van der Waals surface area contributed by atoms with E-state index >= 15 is 0 Å². The molecular formula is C11H27NO2Si. The van der Waals surface area contributed by atoms with Gasteiger partial charge >= 0.3 is 9.28 Å². The largest absolute Gasteiger partial charge is 0.391 e. The molecule has 0 unspecified atom stereocenters. The van der Waals surface area contributed by atoms with Crippen LogP contribution in [0.15, 0.2) is 0 Å². The summed E-state index contributed by atoms with van der Waals surface area (Å²) in [5.41, 5.74) is -0.227. The van der Waals surface area contributed by atoms with Crippen LogP contribution in [-0.2, 0) is 8.85 Å². The van der Waals surface area contributed by atoms with Crippen LogP contribution in [0, 0.1) is 0 Å². The van der Waals surface area contributed by atoms with Crippen molar-refractivity contribution in [1.82, 2.24) is 5.32 Å². The number of rotatable bonds is 5. The first kappa shape index (κ1) is 15.1. The monoisotopic (exact) mass is 233 g/mol. The molecule has 0 aliphatic rings. The summed E-state index contributed by atoms with van der Waals surface area (Å²) in [7, 11) is -1.61. The highest BCUT2D eigenvalue weighted by Crippen LogP contribution is 2.14. The highest BCUT2D eigenvalue weighted by molar-refractivity contribution is 6.44. The molecule has 0 aromatic heterocycles. The van der Waals surface area contributed by atoms with E-state index in [1.807, 2.05) is 0 Å². The summed E-state index contributed by atoms with van der Waals surface area (Å²) in [5, 5.41) is 3.31. The van der Waals surface area contributed by atoms with Gasteiger partial charge in [0.15, 0.2) is 0 Å². The van der Waals surface area contributed by atoms with Crippen molar-refractivity contribution < 1.29 is 8.85 Å². The second kappa shape index (κ2) is 5.99. The Balaban J connectivity index is 4.19. The van der Waals surface area contributed by atoms with Gasteiger partial charge in [0.1, 0.15) is 0 Å². The molecule has 3 nitrogen and oxygen atoms in total. The van der Waals surface area contributed by atoms with Gasteiger partial charge in [-0.1, -0.05) is 6.92 Å². The van der Waals surface area contributed by atoms with E-state index in [0.717, 1.165) is 12.7 Å². The maximum atomic E-state index is 5.97. The molecule has 0 aromatic rings. The van der Waals surface area contributed by atoms with Crippen molar-refractivity contribution in [2.75, 3.05) is 12.7 Å². The topological polar surface area (TPSA) is 30.5 Å². The molecule has 0 bridgehead atoms. The maximum absolute atomic E-state index is 5.97. The molecule has 0 saturated carbocycles. The fourth-order valence-electron chi connectivity index (χ4n) is 1.16. The molecule has 1 N–H and O–H groups in total. The molecule has 0 aliphatic heterocycles. The molecule has 0 fully saturated rings.